The van der Waals surface area contributed by atoms with Crippen molar-refractivity contribution in [3.05, 3.63) is 48.7 Å². The first-order chi connectivity index (χ1) is 11.2. The van der Waals surface area contributed by atoms with Crippen molar-refractivity contribution in [1.82, 2.24) is 10.6 Å². The molecule has 130 valence electrons. The molecule has 1 aromatic carbocycles. The number of hydrogen-bond acceptors (Lipinski definition) is 5. The maximum atomic E-state index is 5.42. The fourth-order valence-corrected chi connectivity index (χ4v) is 4.24. The molecule has 5 nitrogen and oxygen atoms in total. The summed E-state index contributed by atoms with van der Waals surface area (Å²) in [5.41, 5.74) is 1.32. The van der Waals surface area contributed by atoms with Gasteiger partial charge in [-0.05, 0) is 31.1 Å². The summed E-state index contributed by atoms with van der Waals surface area (Å²) < 4.78 is 16.3. The molecule has 0 saturated heterocycles. The van der Waals surface area contributed by atoms with Crippen LogP contribution >= 0.6 is 0 Å². The van der Waals surface area contributed by atoms with Gasteiger partial charge in [-0.15, -0.1) is 0 Å². The Kier molecular flexibility index (Phi) is 9.82. The molecule has 0 spiro atoms. The molecular weight excluding hydrogens is 308 g/mol. The van der Waals surface area contributed by atoms with E-state index in [1.165, 1.54) is 5.56 Å². The van der Waals surface area contributed by atoms with Crippen LogP contribution in [0.1, 0.15) is 12.0 Å². The predicted octanol–water partition coefficient (Wildman–Crippen LogP) is 2.19. The highest BCUT2D eigenvalue weighted by Crippen LogP contribution is 2.14. The van der Waals surface area contributed by atoms with Crippen molar-refractivity contribution >= 4 is 8.80 Å². The van der Waals surface area contributed by atoms with Gasteiger partial charge in [-0.1, -0.05) is 36.9 Å². The summed E-state index contributed by atoms with van der Waals surface area (Å²) in [5, 5.41) is 6.79. The Labute approximate surface area is 141 Å². The van der Waals surface area contributed by atoms with Crippen LogP contribution in [-0.2, 0) is 19.7 Å². The molecule has 1 aromatic rings. The lowest BCUT2D eigenvalue weighted by atomic mass is 10.1. The van der Waals surface area contributed by atoms with Crippen LogP contribution in [0.3, 0.4) is 0 Å². The molecule has 0 heterocycles. The van der Waals surface area contributed by atoms with Gasteiger partial charge in [0.1, 0.15) is 0 Å². The number of hydrogen-bond donors (Lipinski definition) is 2. The van der Waals surface area contributed by atoms with Gasteiger partial charge in [0.05, 0.1) is 0 Å². The second kappa shape index (κ2) is 11.4. The van der Waals surface area contributed by atoms with Crippen LogP contribution in [0.5, 0.6) is 0 Å². The Morgan fingerprint density at radius 3 is 2.35 bits per heavy atom. The first-order valence-electron chi connectivity index (χ1n) is 7.96. The van der Waals surface area contributed by atoms with Gasteiger partial charge in [-0.25, -0.2) is 0 Å². The minimum atomic E-state index is -2.44. The molecule has 1 atom stereocenters. The van der Waals surface area contributed by atoms with E-state index in [1.807, 2.05) is 6.07 Å². The molecule has 6 heteroatoms. The summed E-state index contributed by atoms with van der Waals surface area (Å²) in [6.07, 6.45) is 3.68. The number of benzene rings is 1. The largest absolute Gasteiger partial charge is 0.500 e. The summed E-state index contributed by atoms with van der Waals surface area (Å²) in [5.74, 6) is 0. The molecule has 0 amide bonds. The van der Waals surface area contributed by atoms with Crippen molar-refractivity contribution in [3.8, 4) is 0 Å². The zero-order chi connectivity index (χ0) is 17.0. The standard InChI is InChI=1S/C17H30N2O3Si/c1-5-19-17(14-16-10-7-6-8-11-16)15-18-12-9-13-23(20-2,21-3)22-4/h5-8,10-11,17-19H,1,9,12-15H2,2-4H3. The normalized spacial score (nSPS) is 12.8. The van der Waals surface area contributed by atoms with E-state index in [0.717, 1.165) is 32.0 Å². The molecule has 0 saturated carbocycles. The molecule has 2 N–H and O–H groups in total. The zero-order valence-electron chi connectivity index (χ0n) is 14.5. The Hall–Kier alpha value is -1.18. The zero-order valence-corrected chi connectivity index (χ0v) is 15.5. The van der Waals surface area contributed by atoms with E-state index in [1.54, 1.807) is 27.5 Å². The van der Waals surface area contributed by atoms with Gasteiger partial charge in [0, 0.05) is 40.0 Å². The van der Waals surface area contributed by atoms with Gasteiger partial charge in [0.15, 0.2) is 0 Å². The average Bonchev–Trinajstić information content (AvgIpc) is 2.60. The Morgan fingerprint density at radius 2 is 1.78 bits per heavy atom. The highest BCUT2D eigenvalue weighted by molar-refractivity contribution is 6.60. The Morgan fingerprint density at radius 1 is 1.13 bits per heavy atom. The molecule has 0 aromatic heterocycles. The molecule has 0 fully saturated rings. The fraction of sp³-hybridized carbons (Fsp3) is 0.529. The topological polar surface area (TPSA) is 51.8 Å². The quantitative estimate of drug-likeness (QED) is 0.426. The minimum Gasteiger partial charge on any atom is -0.387 e. The molecule has 0 aliphatic rings. The number of nitrogens with one attached hydrogen (secondary N) is 2. The van der Waals surface area contributed by atoms with Gasteiger partial charge < -0.3 is 23.9 Å². The monoisotopic (exact) mass is 338 g/mol. The lowest BCUT2D eigenvalue weighted by molar-refractivity contribution is 0.123. The third-order valence-electron chi connectivity index (χ3n) is 3.84. The summed E-state index contributed by atoms with van der Waals surface area (Å²) in [6.45, 7) is 5.54. The summed E-state index contributed by atoms with van der Waals surface area (Å²) in [6, 6.07) is 11.6. The van der Waals surface area contributed by atoms with Gasteiger partial charge in [-0.2, -0.15) is 0 Å². The summed E-state index contributed by atoms with van der Waals surface area (Å²) >= 11 is 0. The van der Waals surface area contributed by atoms with Gasteiger partial charge in [0.2, 0.25) is 0 Å². The van der Waals surface area contributed by atoms with Crippen molar-refractivity contribution < 1.29 is 13.3 Å². The van der Waals surface area contributed by atoms with Crippen molar-refractivity contribution in [1.29, 1.82) is 0 Å². The van der Waals surface area contributed by atoms with Crippen LogP contribution in [0.15, 0.2) is 43.1 Å². The molecular formula is C17H30N2O3Si. The Bertz CT molecular complexity index is 419. The first kappa shape index (κ1) is 19.9. The predicted molar refractivity (Wildman–Crippen MR) is 96.3 cm³/mol. The molecule has 1 unspecified atom stereocenters. The molecule has 0 bridgehead atoms. The second-order valence-corrected chi connectivity index (χ2v) is 8.45. The summed E-state index contributed by atoms with van der Waals surface area (Å²) in [4.78, 5) is 0. The fourth-order valence-electron chi connectivity index (χ4n) is 2.52. The van der Waals surface area contributed by atoms with E-state index in [4.69, 9.17) is 13.3 Å². The maximum absolute atomic E-state index is 5.42. The molecule has 0 aliphatic carbocycles. The van der Waals surface area contributed by atoms with Crippen molar-refractivity contribution in [2.75, 3.05) is 34.4 Å². The first-order valence-corrected chi connectivity index (χ1v) is 9.90. The third kappa shape index (κ3) is 7.28. The van der Waals surface area contributed by atoms with Crippen LogP contribution in [0.25, 0.3) is 0 Å². The lowest BCUT2D eigenvalue weighted by Crippen LogP contribution is -2.43. The van der Waals surface area contributed by atoms with Crippen LogP contribution in [-0.4, -0.2) is 49.3 Å². The van der Waals surface area contributed by atoms with E-state index < -0.39 is 8.80 Å². The molecule has 0 aliphatic heterocycles. The van der Waals surface area contributed by atoms with E-state index in [9.17, 15) is 0 Å². The van der Waals surface area contributed by atoms with Crippen molar-refractivity contribution in [2.24, 2.45) is 0 Å². The molecule has 23 heavy (non-hydrogen) atoms. The van der Waals surface area contributed by atoms with Crippen LogP contribution in [0.2, 0.25) is 6.04 Å². The molecule has 0 radical (unpaired) electrons. The lowest BCUT2D eigenvalue weighted by Gasteiger charge is -2.24. The Balaban J connectivity index is 2.32. The van der Waals surface area contributed by atoms with Gasteiger partial charge >= 0.3 is 8.80 Å². The van der Waals surface area contributed by atoms with E-state index in [-0.39, 0.29) is 0 Å². The van der Waals surface area contributed by atoms with Crippen molar-refractivity contribution in [2.45, 2.75) is 24.9 Å². The third-order valence-corrected chi connectivity index (χ3v) is 6.67. The number of rotatable bonds is 13. The van der Waals surface area contributed by atoms with Crippen LogP contribution in [0, 0.1) is 0 Å². The molecule has 1 rings (SSSR count). The SMILES string of the molecule is C=CNC(CNCCC[Si](OC)(OC)OC)Cc1ccccc1. The second-order valence-electron chi connectivity index (χ2n) is 5.36. The van der Waals surface area contributed by atoms with Gasteiger partial charge in [0.25, 0.3) is 0 Å². The van der Waals surface area contributed by atoms with E-state index in [0.29, 0.717) is 6.04 Å². The maximum Gasteiger partial charge on any atom is 0.500 e. The minimum absolute atomic E-state index is 0.323. The van der Waals surface area contributed by atoms with E-state index >= 15 is 0 Å². The summed E-state index contributed by atoms with van der Waals surface area (Å²) in [7, 11) is 2.51. The highest BCUT2D eigenvalue weighted by atomic mass is 28.4. The van der Waals surface area contributed by atoms with Crippen LogP contribution in [0.4, 0.5) is 0 Å². The average molecular weight is 339 g/mol. The van der Waals surface area contributed by atoms with E-state index in [2.05, 4.69) is 41.5 Å². The van der Waals surface area contributed by atoms with Crippen molar-refractivity contribution in [3.63, 3.8) is 0 Å². The van der Waals surface area contributed by atoms with Gasteiger partial charge in [-0.3, -0.25) is 0 Å². The smallest absolute Gasteiger partial charge is 0.387 e. The highest BCUT2D eigenvalue weighted by Gasteiger charge is 2.36. The van der Waals surface area contributed by atoms with Crippen LogP contribution < -0.4 is 10.6 Å².